The fourth-order valence-corrected chi connectivity index (χ4v) is 6.33. The lowest BCUT2D eigenvalue weighted by Crippen LogP contribution is -2.15. The van der Waals surface area contributed by atoms with Crippen LogP contribution in [0.5, 0.6) is 0 Å². The molecule has 0 atom stereocenters. The molecule has 1 heterocycles. The molecule has 0 saturated heterocycles. The predicted octanol–water partition coefficient (Wildman–Crippen LogP) is 5.26. The van der Waals surface area contributed by atoms with Crippen LogP contribution in [0.25, 0.3) is 16.8 Å². The van der Waals surface area contributed by atoms with Gasteiger partial charge in [0, 0.05) is 5.02 Å². The number of aromatic nitrogens is 3. The first-order valence-electron chi connectivity index (χ1n) is 9.20. The van der Waals surface area contributed by atoms with Crippen molar-refractivity contribution in [3.05, 3.63) is 99.8 Å². The van der Waals surface area contributed by atoms with Gasteiger partial charge in [-0.05, 0) is 40.5 Å². The SMILES string of the molecule is O=S(=O)(Cc1cn(-c2ccc(Cl)cc2Cl)nn1)C1c2ccccc2-c2ccccc21. The lowest BCUT2D eigenvalue weighted by molar-refractivity contribution is 0.588. The van der Waals surface area contributed by atoms with E-state index < -0.39 is 15.1 Å². The molecular weight excluding hydrogens is 441 g/mol. The molecule has 0 spiro atoms. The van der Waals surface area contributed by atoms with Crippen LogP contribution in [0.15, 0.2) is 72.9 Å². The van der Waals surface area contributed by atoms with Crippen molar-refractivity contribution in [3.8, 4) is 16.8 Å². The molecule has 0 aliphatic heterocycles. The van der Waals surface area contributed by atoms with Gasteiger partial charge < -0.3 is 0 Å². The average Bonchev–Trinajstić information content (AvgIpc) is 3.30. The van der Waals surface area contributed by atoms with E-state index in [9.17, 15) is 8.42 Å². The Hall–Kier alpha value is -2.67. The highest BCUT2D eigenvalue weighted by molar-refractivity contribution is 7.91. The Labute approximate surface area is 183 Å². The molecule has 4 aromatic rings. The van der Waals surface area contributed by atoms with Gasteiger partial charge in [0.05, 0.1) is 28.4 Å². The number of halogens is 2. The van der Waals surface area contributed by atoms with E-state index in [1.165, 1.54) is 4.68 Å². The molecule has 0 radical (unpaired) electrons. The molecule has 0 fully saturated rings. The third-order valence-corrected chi connectivity index (χ3v) is 7.64. The zero-order chi connectivity index (χ0) is 20.9. The zero-order valence-electron chi connectivity index (χ0n) is 15.5. The maximum absolute atomic E-state index is 13.5. The molecule has 5 rings (SSSR count). The first-order chi connectivity index (χ1) is 14.4. The van der Waals surface area contributed by atoms with E-state index in [2.05, 4.69) is 10.3 Å². The van der Waals surface area contributed by atoms with E-state index >= 15 is 0 Å². The standard InChI is InChI=1S/C22H15Cl2N3O2S/c23-14-9-10-21(20(24)11-14)27-12-15(25-26-27)13-30(28,29)22-18-7-3-1-5-16(18)17-6-2-4-8-19(17)22/h1-12,22H,13H2. The molecule has 30 heavy (non-hydrogen) atoms. The van der Waals surface area contributed by atoms with E-state index in [1.54, 1.807) is 24.4 Å². The van der Waals surface area contributed by atoms with Gasteiger partial charge in [-0.15, -0.1) is 5.10 Å². The minimum absolute atomic E-state index is 0.231. The fraction of sp³-hybridized carbons (Fsp3) is 0.0909. The molecule has 0 unspecified atom stereocenters. The summed E-state index contributed by atoms with van der Waals surface area (Å²) in [6, 6.07) is 20.3. The molecule has 0 amide bonds. The summed E-state index contributed by atoms with van der Waals surface area (Å²) in [5.41, 5.74) is 4.44. The van der Waals surface area contributed by atoms with Gasteiger partial charge in [0.2, 0.25) is 0 Å². The normalized spacial score (nSPS) is 13.3. The number of hydrogen-bond donors (Lipinski definition) is 0. The highest BCUT2D eigenvalue weighted by Gasteiger charge is 2.38. The van der Waals surface area contributed by atoms with E-state index in [0.29, 0.717) is 21.4 Å². The van der Waals surface area contributed by atoms with Crippen LogP contribution in [0, 0.1) is 0 Å². The average molecular weight is 456 g/mol. The number of rotatable bonds is 4. The van der Waals surface area contributed by atoms with Gasteiger partial charge in [-0.1, -0.05) is 76.9 Å². The number of fused-ring (bicyclic) bond motifs is 3. The van der Waals surface area contributed by atoms with Crippen molar-refractivity contribution in [2.24, 2.45) is 0 Å². The molecule has 3 aromatic carbocycles. The maximum atomic E-state index is 13.5. The van der Waals surface area contributed by atoms with Gasteiger partial charge in [-0.25, -0.2) is 13.1 Å². The number of benzene rings is 3. The number of hydrogen-bond acceptors (Lipinski definition) is 4. The smallest absolute Gasteiger partial charge is 0.167 e. The van der Waals surface area contributed by atoms with E-state index in [-0.39, 0.29) is 5.75 Å². The van der Waals surface area contributed by atoms with Crippen LogP contribution < -0.4 is 0 Å². The van der Waals surface area contributed by atoms with Crippen LogP contribution in [0.1, 0.15) is 22.1 Å². The highest BCUT2D eigenvalue weighted by atomic mass is 35.5. The molecule has 0 saturated carbocycles. The maximum Gasteiger partial charge on any atom is 0.167 e. The van der Waals surface area contributed by atoms with Gasteiger partial charge >= 0.3 is 0 Å². The lowest BCUT2D eigenvalue weighted by Gasteiger charge is -2.14. The molecule has 150 valence electrons. The summed E-state index contributed by atoms with van der Waals surface area (Å²) in [6.45, 7) is 0. The Bertz CT molecular complexity index is 1340. The molecule has 0 bridgehead atoms. The van der Waals surface area contributed by atoms with Crippen molar-refractivity contribution < 1.29 is 8.42 Å². The zero-order valence-corrected chi connectivity index (χ0v) is 17.9. The topological polar surface area (TPSA) is 64.8 Å². The summed E-state index contributed by atoms with van der Waals surface area (Å²) in [6.07, 6.45) is 1.58. The van der Waals surface area contributed by atoms with Crippen molar-refractivity contribution in [1.82, 2.24) is 15.0 Å². The quantitative estimate of drug-likeness (QED) is 0.420. The molecule has 1 aliphatic carbocycles. The van der Waals surface area contributed by atoms with Crippen LogP contribution in [0.4, 0.5) is 0 Å². The Morgan fingerprint density at radius 2 is 1.53 bits per heavy atom. The third-order valence-electron chi connectivity index (χ3n) is 5.18. The first kappa shape index (κ1) is 19.3. The number of sulfone groups is 1. The van der Waals surface area contributed by atoms with Gasteiger partial charge in [-0.3, -0.25) is 0 Å². The number of nitrogens with zero attached hydrogens (tertiary/aromatic N) is 3. The summed E-state index contributed by atoms with van der Waals surface area (Å²) in [5, 5.41) is 8.30. The third kappa shape index (κ3) is 3.21. The minimum Gasteiger partial charge on any atom is -0.227 e. The second-order valence-corrected chi connectivity index (χ2v) is 10.0. The van der Waals surface area contributed by atoms with E-state index in [0.717, 1.165) is 22.3 Å². The molecular formula is C22H15Cl2N3O2S. The van der Waals surface area contributed by atoms with Crippen molar-refractivity contribution in [2.45, 2.75) is 11.0 Å². The summed E-state index contributed by atoms with van der Waals surface area (Å²) < 4.78 is 28.4. The fourth-order valence-electron chi connectivity index (χ4n) is 3.94. The Balaban J connectivity index is 1.51. The summed E-state index contributed by atoms with van der Waals surface area (Å²) in [7, 11) is -3.60. The molecule has 8 heteroatoms. The molecule has 5 nitrogen and oxygen atoms in total. The van der Waals surface area contributed by atoms with E-state index in [1.807, 2.05) is 48.5 Å². The highest BCUT2D eigenvalue weighted by Crippen LogP contribution is 2.47. The lowest BCUT2D eigenvalue weighted by atomic mass is 10.1. The summed E-state index contributed by atoms with van der Waals surface area (Å²) >= 11 is 12.2. The van der Waals surface area contributed by atoms with Crippen LogP contribution in [0.2, 0.25) is 10.0 Å². The van der Waals surface area contributed by atoms with Crippen molar-refractivity contribution in [3.63, 3.8) is 0 Å². The molecule has 1 aromatic heterocycles. The minimum atomic E-state index is -3.60. The van der Waals surface area contributed by atoms with Crippen LogP contribution in [-0.2, 0) is 15.6 Å². The largest absolute Gasteiger partial charge is 0.227 e. The first-order valence-corrected chi connectivity index (χ1v) is 11.7. The van der Waals surface area contributed by atoms with Crippen molar-refractivity contribution >= 4 is 33.0 Å². The monoisotopic (exact) mass is 455 g/mol. The molecule has 1 aliphatic rings. The van der Waals surface area contributed by atoms with Crippen molar-refractivity contribution in [2.75, 3.05) is 0 Å². The Morgan fingerprint density at radius 3 is 2.17 bits per heavy atom. The van der Waals surface area contributed by atoms with Crippen LogP contribution in [0.3, 0.4) is 0 Å². The van der Waals surface area contributed by atoms with Gasteiger partial charge in [-0.2, -0.15) is 0 Å². The Morgan fingerprint density at radius 1 is 0.900 bits per heavy atom. The van der Waals surface area contributed by atoms with Crippen LogP contribution in [-0.4, -0.2) is 23.4 Å². The van der Waals surface area contributed by atoms with Gasteiger partial charge in [0.25, 0.3) is 0 Å². The van der Waals surface area contributed by atoms with Gasteiger partial charge in [0.15, 0.2) is 9.84 Å². The summed E-state index contributed by atoms with van der Waals surface area (Å²) in [5.74, 6) is -0.231. The van der Waals surface area contributed by atoms with Crippen molar-refractivity contribution in [1.29, 1.82) is 0 Å². The predicted molar refractivity (Wildman–Crippen MR) is 118 cm³/mol. The summed E-state index contributed by atoms with van der Waals surface area (Å²) in [4.78, 5) is 0. The molecule has 0 N–H and O–H groups in total. The second kappa shape index (κ2) is 7.23. The van der Waals surface area contributed by atoms with E-state index in [4.69, 9.17) is 23.2 Å². The van der Waals surface area contributed by atoms with Crippen LogP contribution >= 0.6 is 23.2 Å². The second-order valence-electron chi connectivity index (χ2n) is 7.11. The van der Waals surface area contributed by atoms with Gasteiger partial charge in [0.1, 0.15) is 5.25 Å². The Kier molecular flexibility index (Phi) is 4.65.